The van der Waals surface area contributed by atoms with Gasteiger partial charge in [0, 0.05) is 22.1 Å². The van der Waals surface area contributed by atoms with Gasteiger partial charge in [-0.1, -0.05) is 80.1 Å². The van der Waals surface area contributed by atoms with Gasteiger partial charge < -0.3 is 0 Å². The van der Waals surface area contributed by atoms with Crippen LogP contribution < -0.4 is 0 Å². The van der Waals surface area contributed by atoms with Crippen molar-refractivity contribution in [3.63, 3.8) is 0 Å². The van der Waals surface area contributed by atoms with E-state index in [0.717, 1.165) is 22.3 Å². The van der Waals surface area contributed by atoms with E-state index in [4.69, 9.17) is 6.42 Å². The van der Waals surface area contributed by atoms with Gasteiger partial charge in [-0.2, -0.15) is 0 Å². The summed E-state index contributed by atoms with van der Waals surface area (Å²) in [5, 5.41) is 0. The van der Waals surface area contributed by atoms with Crippen molar-refractivity contribution >= 4 is 0 Å². The molecule has 179 valence electrons. The van der Waals surface area contributed by atoms with Crippen molar-refractivity contribution < 1.29 is 0 Å². The van der Waals surface area contributed by atoms with Crippen molar-refractivity contribution in [2.24, 2.45) is 0 Å². The fourth-order valence-electron chi connectivity index (χ4n) is 3.85. The third-order valence-corrected chi connectivity index (χ3v) is 6.81. The lowest BCUT2D eigenvalue weighted by molar-refractivity contribution is 0.640. The van der Waals surface area contributed by atoms with Crippen LogP contribution in [0.1, 0.15) is 69.5 Å². The minimum atomic E-state index is -0.0479. The SMILES string of the molecule is C#Cc1ccc(C)c(C)c1.[CH2]c1ccc(C(C)(C)c2ccc(C#Cc3ccc(C)c(C)c3)cc2)cc1. The van der Waals surface area contributed by atoms with Crippen LogP contribution in [0.3, 0.4) is 0 Å². The van der Waals surface area contributed by atoms with E-state index in [2.05, 4.69) is 133 Å². The first-order valence-electron chi connectivity index (χ1n) is 12.3. The van der Waals surface area contributed by atoms with Crippen LogP contribution in [0.15, 0.2) is 84.9 Å². The molecule has 0 spiro atoms. The standard InChI is InChI=1S/C26H25.C10H10/c1-19-6-14-24(15-7-19)26(4,5)25-16-12-22(13-17-25)10-11-23-9-8-20(2)21(3)18-23;1-4-10-6-5-8(2)9(3)7-10/h6-9,12-18H,1H2,2-5H3;1,5-7H,2-3H3. The summed E-state index contributed by atoms with van der Waals surface area (Å²) >= 11 is 0. The van der Waals surface area contributed by atoms with E-state index in [-0.39, 0.29) is 5.41 Å². The van der Waals surface area contributed by atoms with Gasteiger partial charge in [-0.25, -0.2) is 0 Å². The number of benzene rings is 4. The van der Waals surface area contributed by atoms with Crippen LogP contribution in [0.4, 0.5) is 0 Å². The van der Waals surface area contributed by atoms with Crippen LogP contribution in [0.2, 0.25) is 0 Å². The van der Waals surface area contributed by atoms with Gasteiger partial charge >= 0.3 is 0 Å². The summed E-state index contributed by atoms with van der Waals surface area (Å²) in [6.07, 6.45) is 5.22. The van der Waals surface area contributed by atoms with Gasteiger partial charge in [-0.05, 0) is 110 Å². The predicted molar refractivity (Wildman–Crippen MR) is 155 cm³/mol. The number of aryl methyl sites for hydroxylation is 4. The summed E-state index contributed by atoms with van der Waals surface area (Å²) in [6, 6.07) is 29.4. The van der Waals surface area contributed by atoms with Gasteiger partial charge in [0.2, 0.25) is 0 Å². The van der Waals surface area contributed by atoms with Gasteiger partial charge in [0.25, 0.3) is 0 Å². The second kappa shape index (κ2) is 11.6. The normalized spacial score (nSPS) is 10.4. The summed E-state index contributed by atoms with van der Waals surface area (Å²) in [6.45, 7) is 16.9. The molecular weight excluding hydrogens is 432 g/mol. The molecule has 36 heavy (non-hydrogen) atoms. The molecule has 0 atom stereocenters. The molecule has 4 aromatic carbocycles. The van der Waals surface area contributed by atoms with E-state index in [1.165, 1.54) is 33.4 Å². The lowest BCUT2D eigenvalue weighted by Gasteiger charge is -2.26. The Morgan fingerprint density at radius 1 is 0.556 bits per heavy atom. The average Bonchev–Trinajstić information content (AvgIpc) is 2.87. The summed E-state index contributed by atoms with van der Waals surface area (Å²) in [5.41, 5.74) is 11.8. The topological polar surface area (TPSA) is 0 Å². The molecule has 0 aliphatic carbocycles. The minimum Gasteiger partial charge on any atom is -0.115 e. The Bertz CT molecular complexity index is 1430. The highest BCUT2D eigenvalue weighted by Crippen LogP contribution is 2.31. The number of rotatable bonds is 2. The average molecular weight is 468 g/mol. The molecule has 0 fully saturated rings. The Hall–Kier alpha value is -4.00. The van der Waals surface area contributed by atoms with Crippen LogP contribution in [0.5, 0.6) is 0 Å². The van der Waals surface area contributed by atoms with Crippen LogP contribution >= 0.6 is 0 Å². The maximum atomic E-state index is 5.22. The highest BCUT2D eigenvalue weighted by molar-refractivity contribution is 5.47. The molecule has 4 aromatic rings. The smallest absolute Gasteiger partial charge is 0.0251 e. The summed E-state index contributed by atoms with van der Waals surface area (Å²) in [7, 11) is 0. The van der Waals surface area contributed by atoms with Gasteiger partial charge in [0.15, 0.2) is 0 Å². The van der Waals surface area contributed by atoms with E-state index in [1.807, 2.05) is 18.2 Å². The maximum Gasteiger partial charge on any atom is 0.0251 e. The van der Waals surface area contributed by atoms with Crippen molar-refractivity contribution in [3.8, 4) is 24.2 Å². The predicted octanol–water partition coefficient (Wildman–Crippen LogP) is 8.50. The lowest BCUT2D eigenvalue weighted by atomic mass is 9.78. The molecule has 0 nitrogen and oxygen atoms in total. The molecule has 0 heteroatoms. The van der Waals surface area contributed by atoms with Crippen LogP contribution in [-0.2, 0) is 5.41 Å². The summed E-state index contributed by atoms with van der Waals surface area (Å²) in [5.74, 6) is 9.14. The fourth-order valence-corrected chi connectivity index (χ4v) is 3.85. The molecule has 0 unspecified atom stereocenters. The fraction of sp³-hybridized carbons (Fsp3) is 0.194. The number of hydrogen-bond donors (Lipinski definition) is 0. The van der Waals surface area contributed by atoms with E-state index in [1.54, 1.807) is 0 Å². The van der Waals surface area contributed by atoms with Gasteiger partial charge in [0.05, 0.1) is 0 Å². The molecule has 0 N–H and O–H groups in total. The highest BCUT2D eigenvalue weighted by Gasteiger charge is 2.22. The zero-order chi connectivity index (χ0) is 26.3. The molecule has 0 saturated heterocycles. The minimum absolute atomic E-state index is 0.0479. The molecule has 0 aliphatic heterocycles. The van der Waals surface area contributed by atoms with Crippen molar-refractivity contribution in [1.82, 2.24) is 0 Å². The van der Waals surface area contributed by atoms with Crippen molar-refractivity contribution in [3.05, 3.63) is 147 Å². The monoisotopic (exact) mass is 467 g/mol. The lowest BCUT2D eigenvalue weighted by Crippen LogP contribution is -2.18. The summed E-state index contributed by atoms with van der Waals surface area (Å²) < 4.78 is 0. The Morgan fingerprint density at radius 3 is 1.47 bits per heavy atom. The molecule has 0 aliphatic rings. The third-order valence-electron chi connectivity index (χ3n) is 6.81. The van der Waals surface area contributed by atoms with Crippen LogP contribution in [-0.4, -0.2) is 0 Å². The van der Waals surface area contributed by atoms with E-state index in [9.17, 15) is 0 Å². The molecule has 0 saturated carbocycles. The highest BCUT2D eigenvalue weighted by atomic mass is 14.3. The zero-order valence-electron chi connectivity index (χ0n) is 22.4. The first kappa shape index (κ1) is 26.6. The molecule has 1 radical (unpaired) electrons. The van der Waals surface area contributed by atoms with Crippen LogP contribution in [0, 0.1) is 58.8 Å². The van der Waals surface area contributed by atoms with Crippen molar-refractivity contribution in [2.75, 3.05) is 0 Å². The first-order chi connectivity index (χ1) is 17.1. The summed E-state index contributed by atoms with van der Waals surface area (Å²) in [4.78, 5) is 0. The van der Waals surface area contributed by atoms with Gasteiger partial charge in [-0.15, -0.1) is 6.42 Å². The Labute approximate surface area is 218 Å². The Morgan fingerprint density at radius 2 is 0.972 bits per heavy atom. The molecular formula is C36H35. The van der Waals surface area contributed by atoms with Crippen molar-refractivity contribution in [2.45, 2.75) is 47.0 Å². The quantitative estimate of drug-likeness (QED) is 0.259. The Balaban J connectivity index is 0.000000303. The molecule has 0 bridgehead atoms. The van der Waals surface area contributed by atoms with Crippen LogP contribution in [0.25, 0.3) is 0 Å². The third kappa shape index (κ3) is 6.78. The second-order valence-electron chi connectivity index (χ2n) is 9.89. The molecule has 4 rings (SSSR count). The van der Waals surface area contributed by atoms with Crippen molar-refractivity contribution in [1.29, 1.82) is 0 Å². The number of hydrogen-bond acceptors (Lipinski definition) is 0. The molecule has 0 heterocycles. The van der Waals surface area contributed by atoms with Gasteiger partial charge in [-0.3, -0.25) is 0 Å². The van der Waals surface area contributed by atoms with Gasteiger partial charge in [0.1, 0.15) is 0 Å². The first-order valence-corrected chi connectivity index (χ1v) is 12.3. The Kier molecular flexibility index (Phi) is 8.59. The largest absolute Gasteiger partial charge is 0.115 e. The van der Waals surface area contributed by atoms with E-state index >= 15 is 0 Å². The molecule has 0 amide bonds. The second-order valence-corrected chi connectivity index (χ2v) is 9.89. The maximum absolute atomic E-state index is 5.22. The van der Waals surface area contributed by atoms with E-state index < -0.39 is 0 Å². The van der Waals surface area contributed by atoms with E-state index in [0.29, 0.717) is 0 Å². The zero-order valence-corrected chi connectivity index (χ0v) is 22.4. The molecule has 0 aromatic heterocycles. The number of terminal acetylenes is 1.